The van der Waals surface area contributed by atoms with Crippen molar-refractivity contribution >= 4 is 16.6 Å². The van der Waals surface area contributed by atoms with Crippen LogP contribution in [0.5, 0.6) is 5.88 Å². The third-order valence-corrected chi connectivity index (χ3v) is 5.65. The summed E-state index contributed by atoms with van der Waals surface area (Å²) in [5.74, 6) is 0.543. The summed E-state index contributed by atoms with van der Waals surface area (Å²) >= 11 is 0. The van der Waals surface area contributed by atoms with Gasteiger partial charge in [0.1, 0.15) is 0 Å². The van der Waals surface area contributed by atoms with Gasteiger partial charge in [0.2, 0.25) is 5.88 Å². The highest BCUT2D eigenvalue weighted by molar-refractivity contribution is 5.92. The fraction of sp³-hybridized carbons (Fsp3) is 0.391. The minimum Gasteiger partial charge on any atom is -0.480 e. The average Bonchev–Trinajstić information content (AvgIpc) is 3.10. The standard InChI is InChI=1S/C23H26N2O2/c1-14-9-20(23-21(10-14)25-22(27-3)13-24-23)17-11-16-7-6-15(2)18(5-4-8-26)19(16)12-17/h9-10,12-13,26H,4-8,11H2,1-3H3. The van der Waals surface area contributed by atoms with E-state index >= 15 is 0 Å². The molecule has 2 aromatic rings. The molecule has 27 heavy (non-hydrogen) atoms. The number of aliphatic hydroxyl groups is 1. The molecule has 0 aliphatic heterocycles. The Morgan fingerprint density at radius 2 is 2.04 bits per heavy atom. The number of ether oxygens (including phenoxy) is 1. The van der Waals surface area contributed by atoms with Crippen LogP contribution >= 0.6 is 0 Å². The van der Waals surface area contributed by atoms with Crippen LogP contribution in [0.2, 0.25) is 0 Å². The molecule has 0 spiro atoms. The van der Waals surface area contributed by atoms with Gasteiger partial charge in [-0.15, -0.1) is 0 Å². The van der Waals surface area contributed by atoms with E-state index in [2.05, 4.69) is 42.0 Å². The van der Waals surface area contributed by atoms with E-state index in [1.54, 1.807) is 13.3 Å². The van der Waals surface area contributed by atoms with Crippen LogP contribution in [0.3, 0.4) is 0 Å². The van der Waals surface area contributed by atoms with Gasteiger partial charge in [0.25, 0.3) is 0 Å². The predicted octanol–water partition coefficient (Wildman–Crippen LogP) is 4.91. The van der Waals surface area contributed by atoms with E-state index in [9.17, 15) is 5.11 Å². The van der Waals surface area contributed by atoms with Gasteiger partial charge < -0.3 is 9.84 Å². The molecule has 4 nitrogen and oxygen atoms in total. The van der Waals surface area contributed by atoms with E-state index in [1.165, 1.54) is 39.0 Å². The predicted molar refractivity (Wildman–Crippen MR) is 109 cm³/mol. The number of methoxy groups -OCH3 is 1. The molecule has 0 atom stereocenters. The summed E-state index contributed by atoms with van der Waals surface area (Å²) in [6.07, 6.45) is 9.07. The fourth-order valence-electron chi connectivity index (χ4n) is 4.26. The van der Waals surface area contributed by atoms with Crippen LogP contribution in [0.4, 0.5) is 0 Å². The van der Waals surface area contributed by atoms with Crippen LogP contribution in [0, 0.1) is 6.92 Å². The zero-order valence-electron chi connectivity index (χ0n) is 16.3. The largest absolute Gasteiger partial charge is 0.480 e. The van der Waals surface area contributed by atoms with E-state index in [4.69, 9.17) is 4.74 Å². The van der Waals surface area contributed by atoms with Crippen molar-refractivity contribution in [2.75, 3.05) is 13.7 Å². The summed E-state index contributed by atoms with van der Waals surface area (Å²) in [5.41, 5.74) is 11.3. The SMILES string of the molecule is COc1cnc2c(C3=CC4=C(CCC(C)=C4CCCO)C3)cc(C)cc2n1. The lowest BCUT2D eigenvalue weighted by Crippen LogP contribution is -2.02. The van der Waals surface area contributed by atoms with Crippen LogP contribution in [-0.4, -0.2) is 28.8 Å². The number of aliphatic hydroxyl groups excluding tert-OH is 1. The molecule has 0 radical (unpaired) electrons. The number of fused-ring (bicyclic) bond motifs is 1. The van der Waals surface area contributed by atoms with Crippen LogP contribution in [0.15, 0.2) is 46.7 Å². The molecule has 4 rings (SSSR count). The molecular weight excluding hydrogens is 336 g/mol. The van der Waals surface area contributed by atoms with Gasteiger partial charge in [-0.05, 0) is 80.4 Å². The molecule has 0 bridgehead atoms. The summed E-state index contributed by atoms with van der Waals surface area (Å²) in [7, 11) is 1.62. The van der Waals surface area contributed by atoms with E-state index in [-0.39, 0.29) is 6.61 Å². The van der Waals surface area contributed by atoms with Crippen LogP contribution in [0.25, 0.3) is 16.6 Å². The Morgan fingerprint density at radius 1 is 1.19 bits per heavy atom. The number of aryl methyl sites for hydroxylation is 1. The monoisotopic (exact) mass is 362 g/mol. The van der Waals surface area contributed by atoms with Crippen molar-refractivity contribution < 1.29 is 9.84 Å². The van der Waals surface area contributed by atoms with Crippen molar-refractivity contribution in [1.82, 2.24) is 9.97 Å². The molecule has 2 aliphatic carbocycles. The lowest BCUT2D eigenvalue weighted by atomic mass is 9.85. The van der Waals surface area contributed by atoms with Crippen molar-refractivity contribution in [2.45, 2.75) is 46.0 Å². The first-order valence-electron chi connectivity index (χ1n) is 9.65. The second kappa shape index (κ2) is 7.28. The van der Waals surface area contributed by atoms with E-state index in [0.29, 0.717) is 5.88 Å². The minimum atomic E-state index is 0.246. The van der Waals surface area contributed by atoms with Gasteiger partial charge in [0, 0.05) is 12.2 Å². The molecule has 2 aliphatic rings. The number of hydrogen-bond donors (Lipinski definition) is 1. The number of allylic oxidation sites excluding steroid dienone is 6. The van der Waals surface area contributed by atoms with Crippen molar-refractivity contribution in [3.8, 4) is 5.88 Å². The van der Waals surface area contributed by atoms with Gasteiger partial charge in [0.15, 0.2) is 0 Å². The molecule has 1 aromatic heterocycles. The molecule has 4 heteroatoms. The highest BCUT2D eigenvalue weighted by Gasteiger charge is 2.25. The van der Waals surface area contributed by atoms with Crippen molar-refractivity contribution in [3.63, 3.8) is 0 Å². The van der Waals surface area contributed by atoms with Crippen LogP contribution in [-0.2, 0) is 0 Å². The fourth-order valence-corrected chi connectivity index (χ4v) is 4.26. The maximum Gasteiger partial charge on any atom is 0.232 e. The smallest absolute Gasteiger partial charge is 0.232 e. The molecule has 0 unspecified atom stereocenters. The summed E-state index contributed by atoms with van der Waals surface area (Å²) in [5, 5.41) is 9.27. The second-order valence-electron chi connectivity index (χ2n) is 7.54. The normalized spacial score (nSPS) is 16.8. The van der Waals surface area contributed by atoms with Gasteiger partial charge in [-0.25, -0.2) is 9.97 Å². The summed E-state index contributed by atoms with van der Waals surface area (Å²) in [6.45, 7) is 4.59. The van der Waals surface area contributed by atoms with Crippen molar-refractivity contribution in [1.29, 1.82) is 0 Å². The number of hydrogen-bond acceptors (Lipinski definition) is 4. The Bertz CT molecular complexity index is 999. The van der Waals surface area contributed by atoms with Gasteiger partial charge in [-0.3, -0.25) is 0 Å². The lowest BCUT2D eigenvalue weighted by molar-refractivity contribution is 0.288. The van der Waals surface area contributed by atoms with Crippen molar-refractivity contribution in [2.24, 2.45) is 0 Å². The van der Waals surface area contributed by atoms with Gasteiger partial charge >= 0.3 is 0 Å². The number of nitrogens with zero attached hydrogens (tertiary/aromatic N) is 2. The highest BCUT2D eigenvalue weighted by atomic mass is 16.5. The van der Waals surface area contributed by atoms with Gasteiger partial charge in [0.05, 0.1) is 24.3 Å². The average molecular weight is 362 g/mol. The molecule has 1 aromatic carbocycles. The summed E-state index contributed by atoms with van der Waals surface area (Å²) in [6, 6.07) is 4.28. The third-order valence-electron chi connectivity index (χ3n) is 5.65. The first-order chi connectivity index (χ1) is 13.1. The molecular formula is C23H26N2O2. The molecule has 0 saturated heterocycles. The number of rotatable bonds is 5. The van der Waals surface area contributed by atoms with E-state index in [0.717, 1.165) is 43.1 Å². The zero-order valence-corrected chi connectivity index (χ0v) is 16.3. The molecule has 140 valence electrons. The molecule has 0 fully saturated rings. The number of aromatic nitrogens is 2. The van der Waals surface area contributed by atoms with Crippen LogP contribution < -0.4 is 4.74 Å². The Balaban J connectivity index is 1.77. The summed E-state index contributed by atoms with van der Waals surface area (Å²) < 4.78 is 5.25. The van der Waals surface area contributed by atoms with Crippen LogP contribution in [0.1, 0.15) is 50.2 Å². The first-order valence-corrected chi connectivity index (χ1v) is 9.65. The second-order valence-corrected chi connectivity index (χ2v) is 7.54. The van der Waals surface area contributed by atoms with E-state index < -0.39 is 0 Å². The summed E-state index contributed by atoms with van der Waals surface area (Å²) in [4.78, 5) is 9.23. The quantitative estimate of drug-likeness (QED) is 0.821. The minimum absolute atomic E-state index is 0.246. The Labute approximate surface area is 160 Å². The first kappa shape index (κ1) is 17.9. The Hall–Kier alpha value is -2.46. The Morgan fingerprint density at radius 3 is 2.81 bits per heavy atom. The third kappa shape index (κ3) is 3.30. The molecule has 1 N–H and O–H groups in total. The van der Waals surface area contributed by atoms with Gasteiger partial charge in [-0.1, -0.05) is 17.2 Å². The molecule has 0 saturated carbocycles. The number of benzene rings is 1. The Kier molecular flexibility index (Phi) is 4.83. The zero-order chi connectivity index (χ0) is 19.0. The van der Waals surface area contributed by atoms with E-state index in [1.807, 2.05) is 0 Å². The maximum absolute atomic E-state index is 9.27. The molecule has 0 amide bonds. The topological polar surface area (TPSA) is 55.2 Å². The lowest BCUT2D eigenvalue weighted by Gasteiger charge is -2.20. The van der Waals surface area contributed by atoms with Crippen molar-refractivity contribution in [3.05, 3.63) is 57.8 Å². The maximum atomic E-state index is 9.27. The highest BCUT2D eigenvalue weighted by Crippen LogP contribution is 2.44. The molecule has 1 heterocycles. The van der Waals surface area contributed by atoms with Gasteiger partial charge in [-0.2, -0.15) is 0 Å².